The summed E-state index contributed by atoms with van der Waals surface area (Å²) in [7, 11) is -3.92. The van der Waals surface area contributed by atoms with Gasteiger partial charge in [-0.3, -0.25) is 0 Å². The van der Waals surface area contributed by atoms with E-state index in [1.807, 2.05) is 0 Å². The van der Waals surface area contributed by atoms with Gasteiger partial charge in [-0.25, -0.2) is 12.8 Å². The predicted octanol–water partition coefficient (Wildman–Crippen LogP) is 2.66. The molecule has 0 saturated heterocycles. The van der Waals surface area contributed by atoms with Crippen LogP contribution in [0.25, 0.3) is 0 Å². The lowest BCUT2D eigenvalue weighted by atomic mass is 10.3. The molecule has 0 aliphatic heterocycles. The van der Waals surface area contributed by atoms with E-state index in [1.165, 1.54) is 16.4 Å². The van der Waals surface area contributed by atoms with Crippen LogP contribution in [0.5, 0.6) is 0 Å². The molecule has 1 aromatic rings. The smallest absolute Gasteiger partial charge is 0.246 e. The summed E-state index contributed by atoms with van der Waals surface area (Å²) in [5.74, 6) is -0.791. The molecule has 0 bridgehead atoms. The van der Waals surface area contributed by atoms with E-state index in [2.05, 4.69) is 15.9 Å². The third-order valence-electron chi connectivity index (χ3n) is 2.64. The molecule has 20 heavy (non-hydrogen) atoms. The summed E-state index contributed by atoms with van der Waals surface area (Å²) in [5, 5.41) is 0. The van der Waals surface area contributed by atoms with Crippen LogP contribution in [0.15, 0.2) is 27.6 Å². The molecule has 0 aliphatic carbocycles. The lowest BCUT2D eigenvalue weighted by molar-refractivity contribution is 0.360. The van der Waals surface area contributed by atoms with Gasteiger partial charge >= 0.3 is 0 Å². The Morgan fingerprint density at radius 1 is 1.50 bits per heavy atom. The van der Waals surface area contributed by atoms with Gasteiger partial charge in [0.1, 0.15) is 10.7 Å². The van der Waals surface area contributed by atoms with Crippen molar-refractivity contribution in [1.29, 1.82) is 0 Å². The fourth-order valence-corrected chi connectivity index (χ4v) is 3.80. The van der Waals surface area contributed by atoms with E-state index in [0.717, 1.165) is 6.07 Å². The van der Waals surface area contributed by atoms with Crippen LogP contribution in [0.2, 0.25) is 0 Å². The number of thiocarbonyl (C=S) groups is 1. The highest BCUT2D eigenvalue weighted by Crippen LogP contribution is 2.24. The van der Waals surface area contributed by atoms with Crippen molar-refractivity contribution in [2.24, 2.45) is 5.73 Å². The molecule has 0 spiro atoms. The molecule has 0 heterocycles. The number of sulfonamides is 1. The third-order valence-corrected chi connectivity index (χ3v) is 5.44. The van der Waals surface area contributed by atoms with Gasteiger partial charge in [-0.05, 0) is 32.0 Å². The second kappa shape index (κ2) is 6.93. The van der Waals surface area contributed by atoms with E-state index in [4.69, 9.17) is 18.0 Å². The summed E-state index contributed by atoms with van der Waals surface area (Å²) in [4.78, 5) is -0.125. The summed E-state index contributed by atoms with van der Waals surface area (Å²) in [6.45, 7) is 3.56. The fourth-order valence-electron chi connectivity index (χ4n) is 1.69. The monoisotopic (exact) mass is 382 g/mol. The Balaban J connectivity index is 3.19. The van der Waals surface area contributed by atoms with Gasteiger partial charge in [0.25, 0.3) is 0 Å². The standard InChI is InChI=1S/C12H16BrFN2O2S2/c1-8(2)16(6-5-12(15)19)20(17,18)11-4-3-9(13)7-10(11)14/h3-4,7-8H,5-6H2,1-2H3,(H2,15,19). The molecule has 0 radical (unpaired) electrons. The number of rotatable bonds is 6. The van der Waals surface area contributed by atoms with Crippen LogP contribution in [0.3, 0.4) is 0 Å². The molecule has 4 nitrogen and oxygen atoms in total. The minimum atomic E-state index is -3.92. The van der Waals surface area contributed by atoms with Gasteiger partial charge in [-0.1, -0.05) is 28.1 Å². The maximum Gasteiger partial charge on any atom is 0.246 e. The van der Waals surface area contributed by atoms with Crippen molar-refractivity contribution in [1.82, 2.24) is 4.31 Å². The van der Waals surface area contributed by atoms with E-state index in [9.17, 15) is 12.8 Å². The molecule has 0 amide bonds. The Kier molecular flexibility index (Phi) is 6.06. The molecule has 0 saturated carbocycles. The SMILES string of the molecule is CC(C)N(CCC(N)=S)S(=O)(=O)c1ccc(Br)cc1F. The van der Waals surface area contributed by atoms with E-state index in [0.29, 0.717) is 4.47 Å². The second-order valence-corrected chi connectivity index (χ2v) is 7.80. The number of nitrogens with two attached hydrogens (primary N) is 1. The first-order valence-corrected chi connectivity index (χ1v) is 8.55. The molecule has 0 unspecified atom stereocenters. The van der Waals surface area contributed by atoms with E-state index in [1.54, 1.807) is 13.8 Å². The van der Waals surface area contributed by atoms with Gasteiger partial charge in [0.05, 0.1) is 4.99 Å². The van der Waals surface area contributed by atoms with E-state index >= 15 is 0 Å². The molecule has 1 rings (SSSR count). The first kappa shape index (κ1) is 17.5. The number of hydrogen-bond acceptors (Lipinski definition) is 3. The highest BCUT2D eigenvalue weighted by Gasteiger charge is 2.29. The highest BCUT2D eigenvalue weighted by molar-refractivity contribution is 9.10. The fraction of sp³-hybridized carbons (Fsp3) is 0.417. The van der Waals surface area contributed by atoms with Crippen LogP contribution in [0.1, 0.15) is 20.3 Å². The summed E-state index contributed by atoms with van der Waals surface area (Å²) < 4.78 is 40.6. The average Bonchev–Trinajstić information content (AvgIpc) is 2.26. The molecule has 0 aliphatic rings. The van der Waals surface area contributed by atoms with Crippen molar-refractivity contribution in [2.45, 2.75) is 31.2 Å². The van der Waals surface area contributed by atoms with Crippen molar-refractivity contribution in [3.05, 3.63) is 28.5 Å². The summed E-state index contributed by atoms with van der Waals surface area (Å²) in [6.07, 6.45) is 0.255. The molecule has 8 heteroatoms. The van der Waals surface area contributed by atoms with Gasteiger partial charge in [0.2, 0.25) is 10.0 Å². The van der Waals surface area contributed by atoms with Crippen LogP contribution in [-0.4, -0.2) is 30.3 Å². The summed E-state index contributed by atoms with van der Waals surface area (Å²) in [5.41, 5.74) is 5.40. The Bertz CT molecular complexity index is 605. The lowest BCUT2D eigenvalue weighted by Crippen LogP contribution is -2.39. The van der Waals surface area contributed by atoms with Gasteiger partial charge in [0.15, 0.2) is 0 Å². The Labute approximate surface area is 132 Å². The first-order chi connectivity index (χ1) is 9.16. The molecule has 112 valence electrons. The van der Waals surface area contributed by atoms with Crippen LogP contribution in [0.4, 0.5) is 4.39 Å². The summed E-state index contributed by atoms with van der Waals surface area (Å²) in [6, 6.07) is 3.53. The minimum Gasteiger partial charge on any atom is -0.393 e. The van der Waals surface area contributed by atoms with Gasteiger partial charge < -0.3 is 5.73 Å². The van der Waals surface area contributed by atoms with Crippen LogP contribution in [0, 0.1) is 5.82 Å². The molecule has 1 aromatic carbocycles. The molecular weight excluding hydrogens is 367 g/mol. The van der Waals surface area contributed by atoms with Gasteiger partial charge in [-0.2, -0.15) is 4.31 Å². The third kappa shape index (κ3) is 4.21. The van der Waals surface area contributed by atoms with Crippen molar-refractivity contribution >= 4 is 43.2 Å². The molecule has 0 atom stereocenters. The summed E-state index contributed by atoms with van der Waals surface area (Å²) >= 11 is 7.86. The van der Waals surface area contributed by atoms with E-state index < -0.39 is 15.8 Å². The second-order valence-electron chi connectivity index (χ2n) is 4.50. The number of hydrogen-bond donors (Lipinski definition) is 1. The van der Waals surface area contributed by atoms with Crippen LogP contribution >= 0.6 is 28.1 Å². The molecule has 2 N–H and O–H groups in total. The number of benzene rings is 1. The average molecular weight is 383 g/mol. The zero-order valence-electron chi connectivity index (χ0n) is 11.1. The predicted molar refractivity (Wildman–Crippen MR) is 84.5 cm³/mol. The molecule has 0 aromatic heterocycles. The normalized spacial score (nSPS) is 12.1. The maximum absolute atomic E-state index is 13.9. The quantitative estimate of drug-likeness (QED) is 0.768. The Morgan fingerprint density at radius 3 is 2.55 bits per heavy atom. The minimum absolute atomic E-state index is 0.130. The zero-order chi connectivity index (χ0) is 15.5. The van der Waals surface area contributed by atoms with Crippen LogP contribution < -0.4 is 5.73 Å². The van der Waals surface area contributed by atoms with Crippen molar-refractivity contribution in [3.63, 3.8) is 0 Å². The number of nitrogens with zero attached hydrogens (tertiary/aromatic N) is 1. The zero-order valence-corrected chi connectivity index (χ0v) is 14.4. The maximum atomic E-state index is 13.9. The van der Waals surface area contributed by atoms with Crippen molar-refractivity contribution in [2.75, 3.05) is 6.54 Å². The Morgan fingerprint density at radius 2 is 2.10 bits per heavy atom. The van der Waals surface area contributed by atoms with Crippen molar-refractivity contribution in [3.8, 4) is 0 Å². The highest BCUT2D eigenvalue weighted by atomic mass is 79.9. The van der Waals surface area contributed by atoms with Crippen LogP contribution in [-0.2, 0) is 10.0 Å². The molecular formula is C12H16BrFN2O2S2. The Hall–Kier alpha value is -0.570. The van der Waals surface area contributed by atoms with Crippen molar-refractivity contribution < 1.29 is 12.8 Å². The van der Waals surface area contributed by atoms with E-state index in [-0.39, 0.29) is 28.9 Å². The topological polar surface area (TPSA) is 63.4 Å². The van der Waals surface area contributed by atoms with Gasteiger partial charge in [0, 0.05) is 23.5 Å². The van der Waals surface area contributed by atoms with Gasteiger partial charge in [-0.15, -0.1) is 0 Å². The lowest BCUT2D eigenvalue weighted by Gasteiger charge is -2.26. The first-order valence-electron chi connectivity index (χ1n) is 5.91. The largest absolute Gasteiger partial charge is 0.393 e. The number of halogens is 2. The molecule has 0 fully saturated rings.